The minimum absolute atomic E-state index is 0.164. The van der Waals surface area contributed by atoms with Crippen molar-refractivity contribution in [2.75, 3.05) is 32.6 Å². The molecule has 1 atom stereocenters. The van der Waals surface area contributed by atoms with Gasteiger partial charge in [-0.1, -0.05) is 30.3 Å². The summed E-state index contributed by atoms with van der Waals surface area (Å²) >= 11 is 1.41. The second-order valence-corrected chi connectivity index (χ2v) is 5.97. The fourth-order valence-corrected chi connectivity index (χ4v) is 2.86. The molecule has 0 amide bonds. The van der Waals surface area contributed by atoms with E-state index in [1.807, 2.05) is 44.2 Å². The van der Waals surface area contributed by atoms with E-state index in [1.165, 1.54) is 17.1 Å². The number of hydrogen-bond acceptors (Lipinski definition) is 6. The molecule has 0 aliphatic rings. The van der Waals surface area contributed by atoms with Gasteiger partial charge >= 0.3 is 0 Å². The smallest absolute Gasteiger partial charge is 0.204 e. The lowest BCUT2D eigenvalue weighted by atomic mass is 10.0. The summed E-state index contributed by atoms with van der Waals surface area (Å²) in [5.74, 6) is 0.824. The van der Waals surface area contributed by atoms with Crippen LogP contribution in [0.1, 0.15) is 23.9 Å². The molecule has 5 nitrogen and oxygen atoms in total. The van der Waals surface area contributed by atoms with E-state index in [2.05, 4.69) is 26.4 Å². The maximum absolute atomic E-state index is 9.33. The van der Waals surface area contributed by atoms with Crippen molar-refractivity contribution in [3.63, 3.8) is 0 Å². The Labute approximate surface area is 130 Å². The molecule has 1 unspecified atom stereocenters. The van der Waals surface area contributed by atoms with Gasteiger partial charge in [-0.25, -0.2) is 4.98 Å². The molecule has 114 valence electrons. The third kappa shape index (κ3) is 4.23. The van der Waals surface area contributed by atoms with E-state index < -0.39 is 0 Å². The van der Waals surface area contributed by atoms with Crippen LogP contribution >= 0.6 is 11.5 Å². The number of nitrogens with zero attached hydrogens (tertiary/aromatic N) is 4. The van der Waals surface area contributed by atoms with Crippen LogP contribution in [0.25, 0.3) is 0 Å². The number of benzene rings is 1. The Hall–Kier alpha value is -1.50. The highest BCUT2D eigenvalue weighted by atomic mass is 32.1. The van der Waals surface area contributed by atoms with Crippen LogP contribution in [-0.4, -0.2) is 47.1 Å². The second kappa shape index (κ2) is 7.49. The maximum atomic E-state index is 9.33. The second-order valence-electron chi connectivity index (χ2n) is 5.24. The molecule has 1 aromatic heterocycles. The molecule has 0 aliphatic heterocycles. The van der Waals surface area contributed by atoms with Gasteiger partial charge in [0.05, 0.1) is 6.54 Å². The van der Waals surface area contributed by atoms with Gasteiger partial charge in [0.25, 0.3) is 0 Å². The van der Waals surface area contributed by atoms with E-state index >= 15 is 0 Å². The molecule has 0 saturated carbocycles. The third-order valence-electron chi connectivity index (χ3n) is 3.35. The summed E-state index contributed by atoms with van der Waals surface area (Å²) in [5.41, 5.74) is 1.21. The van der Waals surface area contributed by atoms with E-state index in [0.29, 0.717) is 13.0 Å². The average molecular weight is 306 g/mol. The first-order valence-electron chi connectivity index (χ1n) is 6.97. The SMILES string of the molecule is CN(C)c1nc(CN(C)C(CCO)c2ccccc2)ns1. The van der Waals surface area contributed by atoms with Crippen LogP contribution in [0.4, 0.5) is 5.13 Å². The molecule has 6 heteroatoms. The van der Waals surface area contributed by atoms with Gasteiger partial charge in [-0.2, -0.15) is 4.37 Å². The highest BCUT2D eigenvalue weighted by Gasteiger charge is 2.18. The summed E-state index contributed by atoms with van der Waals surface area (Å²) < 4.78 is 4.40. The molecule has 1 N–H and O–H groups in total. The Morgan fingerprint density at radius 2 is 1.90 bits per heavy atom. The van der Waals surface area contributed by atoms with Gasteiger partial charge in [-0.05, 0) is 19.0 Å². The van der Waals surface area contributed by atoms with Crippen molar-refractivity contribution in [2.45, 2.75) is 19.0 Å². The van der Waals surface area contributed by atoms with E-state index in [0.717, 1.165) is 11.0 Å². The zero-order valence-electron chi connectivity index (χ0n) is 12.7. The highest BCUT2D eigenvalue weighted by molar-refractivity contribution is 7.09. The van der Waals surface area contributed by atoms with Crippen LogP contribution in [0, 0.1) is 0 Å². The van der Waals surface area contributed by atoms with Crippen LogP contribution in [0.5, 0.6) is 0 Å². The number of aliphatic hydroxyl groups is 1. The zero-order valence-corrected chi connectivity index (χ0v) is 13.5. The molecular formula is C15H22N4OS. The van der Waals surface area contributed by atoms with Crippen molar-refractivity contribution >= 4 is 16.7 Å². The Balaban J connectivity index is 2.09. The predicted molar refractivity (Wildman–Crippen MR) is 86.6 cm³/mol. The minimum atomic E-state index is 0.164. The largest absolute Gasteiger partial charge is 0.396 e. The first-order valence-corrected chi connectivity index (χ1v) is 7.75. The van der Waals surface area contributed by atoms with Gasteiger partial charge in [0.15, 0.2) is 5.82 Å². The third-order valence-corrected chi connectivity index (χ3v) is 4.27. The number of rotatable bonds is 7. The van der Waals surface area contributed by atoms with Crippen LogP contribution < -0.4 is 4.90 Å². The van der Waals surface area contributed by atoms with Crippen LogP contribution in [-0.2, 0) is 6.54 Å². The van der Waals surface area contributed by atoms with Crippen molar-refractivity contribution in [3.05, 3.63) is 41.7 Å². The number of anilines is 1. The average Bonchev–Trinajstić information content (AvgIpc) is 2.94. The zero-order chi connectivity index (χ0) is 15.2. The molecule has 0 bridgehead atoms. The quantitative estimate of drug-likeness (QED) is 0.849. The topological polar surface area (TPSA) is 52.5 Å². The first kappa shape index (κ1) is 15.9. The molecule has 1 heterocycles. The van der Waals surface area contributed by atoms with Crippen molar-refractivity contribution in [3.8, 4) is 0 Å². The molecule has 2 rings (SSSR count). The molecule has 0 spiro atoms. The Bertz CT molecular complexity index is 544. The lowest BCUT2D eigenvalue weighted by Gasteiger charge is -2.27. The normalized spacial score (nSPS) is 12.6. The molecule has 0 fully saturated rings. The van der Waals surface area contributed by atoms with E-state index in [9.17, 15) is 5.11 Å². The summed E-state index contributed by atoms with van der Waals surface area (Å²) in [6.07, 6.45) is 0.700. The lowest BCUT2D eigenvalue weighted by molar-refractivity contribution is 0.177. The van der Waals surface area contributed by atoms with Gasteiger partial charge in [0.1, 0.15) is 0 Å². The number of aliphatic hydroxyl groups excluding tert-OH is 1. The Kier molecular flexibility index (Phi) is 5.67. The minimum Gasteiger partial charge on any atom is -0.396 e. The molecule has 0 saturated heterocycles. The molecule has 0 aliphatic carbocycles. The summed E-state index contributed by atoms with van der Waals surface area (Å²) in [4.78, 5) is 8.66. The van der Waals surface area contributed by atoms with Gasteiger partial charge in [0.2, 0.25) is 5.13 Å². The van der Waals surface area contributed by atoms with Crippen LogP contribution in [0.3, 0.4) is 0 Å². The number of aromatic nitrogens is 2. The first-order chi connectivity index (χ1) is 10.1. The van der Waals surface area contributed by atoms with Crippen molar-refractivity contribution in [2.24, 2.45) is 0 Å². The maximum Gasteiger partial charge on any atom is 0.204 e. The summed E-state index contributed by atoms with van der Waals surface area (Å²) in [6, 6.07) is 10.4. The lowest BCUT2D eigenvalue weighted by Crippen LogP contribution is -2.25. The monoisotopic (exact) mass is 306 g/mol. The summed E-state index contributed by atoms with van der Waals surface area (Å²) in [6.45, 7) is 0.835. The predicted octanol–water partition coefficient (Wildman–Crippen LogP) is 2.16. The molecule has 0 radical (unpaired) electrons. The van der Waals surface area contributed by atoms with Gasteiger partial charge < -0.3 is 10.0 Å². The Morgan fingerprint density at radius 3 is 2.48 bits per heavy atom. The molecule has 2 aromatic rings. The van der Waals surface area contributed by atoms with Crippen molar-refractivity contribution in [1.82, 2.24) is 14.3 Å². The van der Waals surface area contributed by atoms with E-state index in [4.69, 9.17) is 0 Å². The van der Waals surface area contributed by atoms with E-state index in [1.54, 1.807) is 0 Å². The molecular weight excluding hydrogens is 284 g/mol. The number of hydrogen-bond donors (Lipinski definition) is 1. The van der Waals surface area contributed by atoms with Crippen molar-refractivity contribution in [1.29, 1.82) is 0 Å². The van der Waals surface area contributed by atoms with Crippen molar-refractivity contribution < 1.29 is 5.11 Å². The van der Waals surface area contributed by atoms with Crippen LogP contribution in [0.2, 0.25) is 0 Å². The van der Waals surface area contributed by atoms with Gasteiger partial charge in [0, 0.05) is 38.3 Å². The molecule has 21 heavy (non-hydrogen) atoms. The van der Waals surface area contributed by atoms with E-state index in [-0.39, 0.29) is 12.6 Å². The van der Waals surface area contributed by atoms with Crippen LogP contribution in [0.15, 0.2) is 30.3 Å². The summed E-state index contributed by atoms with van der Waals surface area (Å²) in [7, 11) is 5.97. The van der Waals surface area contributed by atoms with Gasteiger partial charge in [-0.15, -0.1) is 0 Å². The highest BCUT2D eigenvalue weighted by Crippen LogP contribution is 2.24. The standard InChI is InChI=1S/C15H22N4OS/c1-18(2)15-16-14(17-21-15)11-19(3)13(9-10-20)12-7-5-4-6-8-12/h4-8,13,20H,9-11H2,1-3H3. The fourth-order valence-electron chi connectivity index (χ4n) is 2.26. The van der Waals surface area contributed by atoms with Gasteiger partial charge in [-0.3, -0.25) is 4.90 Å². The molecule has 1 aromatic carbocycles. The Morgan fingerprint density at radius 1 is 1.19 bits per heavy atom. The summed E-state index contributed by atoms with van der Waals surface area (Å²) in [5, 5.41) is 10.2. The fraction of sp³-hybridized carbons (Fsp3) is 0.467.